The van der Waals surface area contributed by atoms with E-state index >= 15 is 0 Å². The van der Waals surface area contributed by atoms with Gasteiger partial charge in [0.15, 0.2) is 0 Å². The van der Waals surface area contributed by atoms with E-state index < -0.39 is 21.4 Å². The van der Waals surface area contributed by atoms with Gasteiger partial charge in [-0.15, -0.1) is 0 Å². The molecule has 106 valence electrons. The lowest BCUT2D eigenvalue weighted by molar-refractivity contribution is 0.0386. The van der Waals surface area contributed by atoms with Crippen LogP contribution in [0.4, 0.5) is 10.1 Å². The first-order valence-electron chi connectivity index (χ1n) is 5.99. The zero-order chi connectivity index (χ0) is 14.1. The maximum Gasteiger partial charge on any atom is 0.243 e. The van der Waals surface area contributed by atoms with Crippen LogP contribution in [0.15, 0.2) is 23.1 Å². The molecule has 0 radical (unpaired) electrons. The van der Waals surface area contributed by atoms with Crippen LogP contribution in [0.2, 0.25) is 0 Å². The fraction of sp³-hybridized carbons (Fsp3) is 0.500. The molecule has 7 heteroatoms. The third-order valence-corrected chi connectivity index (χ3v) is 4.78. The number of rotatable bonds is 3. The summed E-state index contributed by atoms with van der Waals surface area (Å²) in [5.74, 6) is -0.639. The number of nitrogen functional groups attached to an aromatic ring is 1. The van der Waals surface area contributed by atoms with Crippen molar-refractivity contribution in [2.24, 2.45) is 0 Å². The summed E-state index contributed by atoms with van der Waals surface area (Å²) in [5.41, 5.74) is 4.94. The average Bonchev–Trinajstić information content (AvgIpc) is 2.31. The van der Waals surface area contributed by atoms with Crippen LogP contribution in [0, 0.1) is 5.82 Å². The lowest BCUT2D eigenvalue weighted by Gasteiger charge is -2.33. The Kier molecular flexibility index (Phi) is 3.80. The number of hydrogen-bond acceptors (Lipinski definition) is 4. The van der Waals surface area contributed by atoms with Crippen molar-refractivity contribution in [2.45, 2.75) is 30.2 Å². The van der Waals surface area contributed by atoms with Crippen molar-refractivity contribution in [3.05, 3.63) is 24.0 Å². The third-order valence-electron chi connectivity index (χ3n) is 3.08. The molecule has 19 heavy (non-hydrogen) atoms. The highest BCUT2D eigenvalue weighted by molar-refractivity contribution is 7.89. The minimum Gasteiger partial charge on any atom is -0.398 e. The number of anilines is 1. The van der Waals surface area contributed by atoms with E-state index in [-0.39, 0.29) is 10.6 Å². The van der Waals surface area contributed by atoms with Crippen molar-refractivity contribution in [3.8, 4) is 0 Å². The predicted octanol–water partition coefficient (Wildman–Crippen LogP) is 1.26. The average molecular weight is 288 g/mol. The molecule has 1 saturated heterocycles. The Hall–Kier alpha value is -1.18. The molecule has 0 bridgehead atoms. The highest BCUT2D eigenvalue weighted by Crippen LogP contribution is 2.24. The SMILES string of the molecule is CC1(NS(=O)(=O)c2cc(F)ccc2N)CCCOC1. The molecule has 2 rings (SSSR count). The number of hydrogen-bond donors (Lipinski definition) is 2. The second-order valence-corrected chi connectivity index (χ2v) is 6.66. The summed E-state index contributed by atoms with van der Waals surface area (Å²) < 4.78 is 45.6. The van der Waals surface area contributed by atoms with E-state index in [1.54, 1.807) is 6.92 Å². The molecule has 0 aliphatic carbocycles. The minimum atomic E-state index is -3.87. The van der Waals surface area contributed by atoms with Crippen LogP contribution in [-0.2, 0) is 14.8 Å². The lowest BCUT2D eigenvalue weighted by Crippen LogP contribution is -2.51. The summed E-state index contributed by atoms with van der Waals surface area (Å²) in [4.78, 5) is -0.237. The van der Waals surface area contributed by atoms with Crippen molar-refractivity contribution in [3.63, 3.8) is 0 Å². The van der Waals surface area contributed by atoms with E-state index in [0.717, 1.165) is 18.6 Å². The van der Waals surface area contributed by atoms with E-state index in [2.05, 4.69) is 4.72 Å². The van der Waals surface area contributed by atoms with Gasteiger partial charge < -0.3 is 10.5 Å². The Morgan fingerprint density at radius 2 is 2.21 bits per heavy atom. The van der Waals surface area contributed by atoms with Crippen molar-refractivity contribution in [1.29, 1.82) is 0 Å². The molecule has 0 spiro atoms. The van der Waals surface area contributed by atoms with Crippen LogP contribution in [0.5, 0.6) is 0 Å². The van der Waals surface area contributed by atoms with Gasteiger partial charge in [-0.2, -0.15) is 0 Å². The van der Waals surface area contributed by atoms with E-state index in [1.165, 1.54) is 6.07 Å². The smallest absolute Gasteiger partial charge is 0.243 e. The molecule has 0 aromatic heterocycles. The molecule has 5 nitrogen and oxygen atoms in total. The number of halogens is 1. The standard InChI is InChI=1S/C12H17FN2O3S/c1-12(5-2-6-18-8-12)15-19(16,17)11-7-9(13)3-4-10(11)14/h3-4,7,15H,2,5-6,8,14H2,1H3. The van der Waals surface area contributed by atoms with Gasteiger partial charge in [-0.25, -0.2) is 17.5 Å². The minimum absolute atomic E-state index is 0.0224. The summed E-state index contributed by atoms with van der Waals surface area (Å²) in [6.45, 7) is 2.68. The highest BCUT2D eigenvalue weighted by atomic mass is 32.2. The summed E-state index contributed by atoms with van der Waals surface area (Å²) in [6.07, 6.45) is 1.44. The number of sulfonamides is 1. The molecule has 1 aliphatic rings. The largest absolute Gasteiger partial charge is 0.398 e. The molecule has 1 atom stereocenters. The first-order valence-corrected chi connectivity index (χ1v) is 7.47. The van der Waals surface area contributed by atoms with Crippen LogP contribution >= 0.6 is 0 Å². The molecule has 0 amide bonds. The molecule has 1 heterocycles. The predicted molar refractivity (Wildman–Crippen MR) is 69.6 cm³/mol. The molecule has 1 unspecified atom stereocenters. The van der Waals surface area contributed by atoms with E-state index in [0.29, 0.717) is 19.6 Å². The Morgan fingerprint density at radius 1 is 1.47 bits per heavy atom. The molecule has 3 N–H and O–H groups in total. The maximum absolute atomic E-state index is 13.2. The van der Waals surface area contributed by atoms with Gasteiger partial charge in [0.2, 0.25) is 10.0 Å². The monoisotopic (exact) mass is 288 g/mol. The van der Waals surface area contributed by atoms with Crippen LogP contribution < -0.4 is 10.5 Å². The molecule has 1 aromatic rings. The molecular formula is C12H17FN2O3S. The second kappa shape index (κ2) is 5.07. The van der Waals surface area contributed by atoms with Gasteiger partial charge >= 0.3 is 0 Å². The van der Waals surface area contributed by atoms with Gasteiger partial charge in [-0.3, -0.25) is 0 Å². The van der Waals surface area contributed by atoms with E-state index in [1.807, 2.05) is 0 Å². The zero-order valence-corrected chi connectivity index (χ0v) is 11.5. The number of nitrogens with one attached hydrogen (secondary N) is 1. The quantitative estimate of drug-likeness (QED) is 0.820. The topological polar surface area (TPSA) is 81.4 Å². The first-order chi connectivity index (χ1) is 8.82. The van der Waals surface area contributed by atoms with Crippen molar-refractivity contribution in [2.75, 3.05) is 18.9 Å². The summed E-state index contributed by atoms with van der Waals surface area (Å²) in [7, 11) is -3.87. The van der Waals surface area contributed by atoms with Gasteiger partial charge in [0.05, 0.1) is 17.8 Å². The van der Waals surface area contributed by atoms with Gasteiger partial charge in [-0.05, 0) is 38.0 Å². The van der Waals surface area contributed by atoms with Gasteiger partial charge in [0.25, 0.3) is 0 Å². The van der Waals surface area contributed by atoms with Crippen molar-refractivity contribution >= 4 is 15.7 Å². The van der Waals surface area contributed by atoms with Gasteiger partial charge in [0.1, 0.15) is 10.7 Å². The van der Waals surface area contributed by atoms with E-state index in [9.17, 15) is 12.8 Å². The fourth-order valence-corrected chi connectivity index (χ4v) is 3.70. The second-order valence-electron chi connectivity index (χ2n) is 5.00. The number of ether oxygens (including phenoxy) is 1. The molecule has 1 fully saturated rings. The highest BCUT2D eigenvalue weighted by Gasteiger charge is 2.33. The van der Waals surface area contributed by atoms with Crippen molar-refractivity contribution in [1.82, 2.24) is 4.72 Å². The normalized spacial score (nSPS) is 24.3. The number of nitrogens with two attached hydrogens (primary N) is 1. The maximum atomic E-state index is 13.2. The Balaban J connectivity index is 2.29. The Morgan fingerprint density at radius 3 is 2.84 bits per heavy atom. The Bertz CT molecular complexity index is 568. The molecule has 1 aromatic carbocycles. The fourth-order valence-electron chi connectivity index (χ4n) is 2.13. The van der Waals surface area contributed by atoms with Crippen LogP contribution in [0.1, 0.15) is 19.8 Å². The summed E-state index contributed by atoms with van der Waals surface area (Å²) in [6, 6.07) is 3.29. The van der Waals surface area contributed by atoms with Crippen LogP contribution in [0.3, 0.4) is 0 Å². The molecule has 0 saturated carbocycles. The Labute approximate surface area is 112 Å². The zero-order valence-electron chi connectivity index (χ0n) is 10.6. The summed E-state index contributed by atoms with van der Waals surface area (Å²) in [5, 5.41) is 0. The van der Waals surface area contributed by atoms with Gasteiger partial charge in [-0.1, -0.05) is 0 Å². The van der Waals surface area contributed by atoms with Crippen LogP contribution in [0.25, 0.3) is 0 Å². The lowest BCUT2D eigenvalue weighted by atomic mass is 9.97. The van der Waals surface area contributed by atoms with Gasteiger partial charge in [0, 0.05) is 6.61 Å². The van der Waals surface area contributed by atoms with E-state index in [4.69, 9.17) is 10.5 Å². The number of benzene rings is 1. The van der Waals surface area contributed by atoms with Crippen molar-refractivity contribution < 1.29 is 17.5 Å². The summed E-state index contributed by atoms with van der Waals surface area (Å²) >= 11 is 0. The third kappa shape index (κ3) is 3.23. The molecule has 1 aliphatic heterocycles. The molecular weight excluding hydrogens is 271 g/mol. The first kappa shape index (κ1) is 14.2. The van der Waals surface area contributed by atoms with Crippen LogP contribution in [-0.4, -0.2) is 27.2 Å².